The molecule has 3 aromatic rings. The average molecular weight is 349 g/mol. The third-order valence-electron chi connectivity index (χ3n) is 3.43. The largest absolute Gasteiger partial charge is 0.465 e. The summed E-state index contributed by atoms with van der Waals surface area (Å²) in [4.78, 5) is 16.4. The number of allylic oxidation sites excluding steroid dienone is 1. The first kappa shape index (κ1) is 16.7. The molecule has 0 atom stereocenters. The molecule has 2 aromatic heterocycles. The van der Waals surface area contributed by atoms with Gasteiger partial charge in [-0.3, -0.25) is 4.79 Å². The Morgan fingerprint density at radius 1 is 1.32 bits per heavy atom. The highest BCUT2D eigenvalue weighted by Gasteiger charge is 2.17. The van der Waals surface area contributed by atoms with Gasteiger partial charge in [0.05, 0.1) is 11.8 Å². The van der Waals surface area contributed by atoms with Crippen LogP contribution in [0.2, 0.25) is 0 Å². The van der Waals surface area contributed by atoms with Crippen LogP contribution in [0.1, 0.15) is 24.1 Å². The number of furan rings is 1. The van der Waals surface area contributed by atoms with E-state index < -0.39 is 0 Å². The molecule has 1 N–H and O–H groups in total. The van der Waals surface area contributed by atoms with Crippen molar-refractivity contribution in [1.82, 2.24) is 4.98 Å². The maximum Gasteiger partial charge on any atom is 0.224 e. The molecular weight excluding hydrogens is 334 g/mol. The van der Waals surface area contributed by atoms with Crippen molar-refractivity contribution in [2.45, 2.75) is 13.3 Å². The third kappa shape index (κ3) is 3.84. The number of nitrogens with one attached hydrogen (secondary N) is 1. The summed E-state index contributed by atoms with van der Waals surface area (Å²) in [5, 5.41) is 13.5. The molecule has 3 rings (SSSR count). The summed E-state index contributed by atoms with van der Waals surface area (Å²) in [6, 6.07) is 15.2. The highest BCUT2D eigenvalue weighted by Crippen LogP contribution is 2.36. The molecule has 0 fully saturated rings. The van der Waals surface area contributed by atoms with Gasteiger partial charge >= 0.3 is 0 Å². The van der Waals surface area contributed by atoms with E-state index in [4.69, 9.17) is 4.42 Å². The van der Waals surface area contributed by atoms with Crippen LogP contribution in [0.25, 0.3) is 22.9 Å². The number of aromatic nitrogens is 1. The molecular formula is C19H15N3O2S. The number of carbonyl (C=O) groups excluding carboxylic acids is 1. The molecule has 1 amide bonds. The number of thiazole rings is 1. The van der Waals surface area contributed by atoms with Gasteiger partial charge in [-0.2, -0.15) is 5.26 Å². The number of hydrogen-bond donors (Lipinski definition) is 1. The van der Waals surface area contributed by atoms with Gasteiger partial charge < -0.3 is 9.73 Å². The second kappa shape index (κ2) is 7.60. The van der Waals surface area contributed by atoms with Crippen LogP contribution in [-0.2, 0) is 4.79 Å². The van der Waals surface area contributed by atoms with Crippen LogP contribution in [-0.4, -0.2) is 10.9 Å². The first-order valence-electron chi connectivity index (χ1n) is 7.73. The van der Waals surface area contributed by atoms with Gasteiger partial charge in [-0.05, 0) is 12.1 Å². The zero-order valence-electron chi connectivity index (χ0n) is 13.5. The van der Waals surface area contributed by atoms with Crippen LogP contribution in [0.4, 0.5) is 5.00 Å². The van der Waals surface area contributed by atoms with E-state index >= 15 is 0 Å². The maximum absolute atomic E-state index is 11.8. The van der Waals surface area contributed by atoms with E-state index in [-0.39, 0.29) is 5.91 Å². The van der Waals surface area contributed by atoms with Gasteiger partial charge in [0.1, 0.15) is 27.5 Å². The lowest BCUT2D eigenvalue weighted by molar-refractivity contribution is -0.115. The van der Waals surface area contributed by atoms with Crippen molar-refractivity contribution >= 4 is 33.9 Å². The highest BCUT2D eigenvalue weighted by atomic mass is 32.1. The van der Waals surface area contributed by atoms with Crippen molar-refractivity contribution in [3.8, 4) is 17.3 Å². The lowest BCUT2D eigenvalue weighted by Crippen LogP contribution is -2.08. The Kier molecular flexibility index (Phi) is 5.07. The molecule has 0 aliphatic rings. The lowest BCUT2D eigenvalue weighted by Gasteiger charge is -2.03. The van der Waals surface area contributed by atoms with Gasteiger partial charge in [0.2, 0.25) is 5.91 Å². The Labute approximate surface area is 149 Å². The Balaban J connectivity index is 2.06. The second-order valence-corrected chi connectivity index (χ2v) is 6.15. The summed E-state index contributed by atoms with van der Waals surface area (Å²) in [5.41, 5.74) is 1.92. The molecule has 1 aromatic carbocycles. The van der Waals surface area contributed by atoms with E-state index in [0.29, 0.717) is 33.5 Å². The van der Waals surface area contributed by atoms with Crippen molar-refractivity contribution in [3.63, 3.8) is 0 Å². The molecule has 25 heavy (non-hydrogen) atoms. The van der Waals surface area contributed by atoms with Crippen LogP contribution >= 0.6 is 11.3 Å². The minimum Gasteiger partial charge on any atom is -0.465 e. The standard InChI is InChI=1S/C19H15N3O2S/c1-2-16(23)21-19-17(13-7-4-3-5-8-13)22-18(25-19)14(12-20)11-15-9-6-10-24-15/h3-11H,2H2,1H3,(H,21,23). The Morgan fingerprint density at radius 3 is 2.76 bits per heavy atom. The molecule has 0 aliphatic carbocycles. The fourth-order valence-corrected chi connectivity index (χ4v) is 3.15. The molecule has 0 bridgehead atoms. The average Bonchev–Trinajstić information content (AvgIpc) is 3.30. The minimum absolute atomic E-state index is 0.0964. The van der Waals surface area contributed by atoms with E-state index in [1.807, 2.05) is 30.3 Å². The number of amides is 1. The van der Waals surface area contributed by atoms with Gasteiger partial charge in [0.15, 0.2) is 0 Å². The third-order valence-corrected chi connectivity index (χ3v) is 4.43. The maximum atomic E-state index is 11.8. The van der Waals surface area contributed by atoms with Crippen molar-refractivity contribution in [1.29, 1.82) is 5.26 Å². The predicted octanol–water partition coefficient (Wildman–Crippen LogP) is 4.82. The van der Waals surface area contributed by atoms with Gasteiger partial charge in [0.25, 0.3) is 0 Å². The number of hydrogen-bond acceptors (Lipinski definition) is 5. The molecule has 0 radical (unpaired) electrons. The molecule has 0 aliphatic heterocycles. The summed E-state index contributed by atoms with van der Waals surface area (Å²) in [6.07, 6.45) is 3.55. The fraction of sp³-hybridized carbons (Fsp3) is 0.105. The topological polar surface area (TPSA) is 78.9 Å². The van der Waals surface area contributed by atoms with Crippen LogP contribution in [0.15, 0.2) is 53.1 Å². The number of anilines is 1. The SMILES string of the molecule is CCC(=O)Nc1sc(C(C#N)=Cc2ccco2)nc1-c1ccccc1. The molecule has 5 nitrogen and oxygen atoms in total. The normalized spacial score (nSPS) is 11.1. The summed E-state index contributed by atoms with van der Waals surface area (Å²) in [5.74, 6) is 0.480. The van der Waals surface area contributed by atoms with Crippen LogP contribution in [0, 0.1) is 11.3 Å². The quantitative estimate of drug-likeness (QED) is 0.670. The number of rotatable bonds is 5. The van der Waals surface area contributed by atoms with E-state index in [9.17, 15) is 10.1 Å². The van der Waals surface area contributed by atoms with Gasteiger partial charge in [0, 0.05) is 18.1 Å². The van der Waals surface area contributed by atoms with E-state index in [1.54, 1.807) is 31.4 Å². The Hall–Kier alpha value is -3.17. The van der Waals surface area contributed by atoms with Crippen molar-refractivity contribution in [3.05, 3.63) is 59.5 Å². The molecule has 2 heterocycles. The highest BCUT2D eigenvalue weighted by molar-refractivity contribution is 7.17. The monoisotopic (exact) mass is 349 g/mol. The van der Waals surface area contributed by atoms with E-state index in [2.05, 4.69) is 16.4 Å². The first-order valence-corrected chi connectivity index (χ1v) is 8.54. The van der Waals surface area contributed by atoms with Crippen molar-refractivity contribution in [2.24, 2.45) is 0 Å². The number of nitriles is 1. The first-order chi connectivity index (χ1) is 12.2. The smallest absolute Gasteiger partial charge is 0.224 e. The molecule has 0 spiro atoms. The van der Waals surface area contributed by atoms with Crippen LogP contribution < -0.4 is 5.32 Å². The van der Waals surface area contributed by atoms with Crippen molar-refractivity contribution < 1.29 is 9.21 Å². The van der Waals surface area contributed by atoms with E-state index in [1.165, 1.54) is 11.3 Å². The number of nitrogens with zero attached hydrogens (tertiary/aromatic N) is 2. The second-order valence-electron chi connectivity index (χ2n) is 5.15. The van der Waals surface area contributed by atoms with E-state index in [0.717, 1.165) is 5.56 Å². The van der Waals surface area contributed by atoms with Gasteiger partial charge in [-0.1, -0.05) is 48.6 Å². The lowest BCUT2D eigenvalue weighted by atomic mass is 10.1. The fourth-order valence-electron chi connectivity index (χ4n) is 2.18. The summed E-state index contributed by atoms with van der Waals surface area (Å²) < 4.78 is 5.27. The Bertz CT molecular complexity index is 935. The Morgan fingerprint density at radius 2 is 2.12 bits per heavy atom. The summed E-state index contributed by atoms with van der Waals surface area (Å²) in [7, 11) is 0. The zero-order valence-corrected chi connectivity index (χ0v) is 14.3. The number of carbonyl (C=O) groups is 1. The molecule has 0 saturated carbocycles. The predicted molar refractivity (Wildman–Crippen MR) is 98.7 cm³/mol. The zero-order chi connectivity index (χ0) is 17.6. The van der Waals surface area contributed by atoms with Gasteiger partial charge in [-0.15, -0.1) is 0 Å². The molecule has 0 saturated heterocycles. The molecule has 0 unspecified atom stereocenters. The number of benzene rings is 1. The van der Waals surface area contributed by atoms with Crippen LogP contribution in [0.5, 0.6) is 0 Å². The molecule has 6 heteroatoms. The summed E-state index contributed by atoms with van der Waals surface area (Å²) >= 11 is 1.28. The minimum atomic E-state index is -0.0964. The van der Waals surface area contributed by atoms with Crippen molar-refractivity contribution in [2.75, 3.05) is 5.32 Å². The van der Waals surface area contributed by atoms with Gasteiger partial charge in [-0.25, -0.2) is 4.98 Å². The van der Waals surface area contributed by atoms with Crippen LogP contribution in [0.3, 0.4) is 0 Å². The summed E-state index contributed by atoms with van der Waals surface area (Å²) in [6.45, 7) is 1.79. The molecule has 124 valence electrons.